The minimum atomic E-state index is -3.60. The number of nitrogens with zero attached hydrogens (tertiary/aromatic N) is 4. The molecule has 0 saturated carbocycles. The number of sulfonamides is 1. The van der Waals surface area contributed by atoms with Crippen molar-refractivity contribution in [1.82, 2.24) is 24.2 Å². The van der Waals surface area contributed by atoms with Gasteiger partial charge in [-0.05, 0) is 31.5 Å². The second-order valence-electron chi connectivity index (χ2n) is 7.32. The van der Waals surface area contributed by atoms with Gasteiger partial charge in [0, 0.05) is 32.2 Å². The fraction of sp³-hybridized carbons (Fsp3) is 0.368. The Bertz CT molecular complexity index is 1310. The Balaban J connectivity index is 1.56. The van der Waals surface area contributed by atoms with Crippen molar-refractivity contribution in [3.05, 3.63) is 46.1 Å². The molecule has 2 N–H and O–H groups in total. The Labute approximate surface area is 193 Å². The molecule has 0 radical (unpaired) electrons. The lowest BCUT2D eigenvalue weighted by atomic mass is 10.3. The van der Waals surface area contributed by atoms with Crippen molar-refractivity contribution in [2.45, 2.75) is 10.6 Å². The van der Waals surface area contributed by atoms with Crippen molar-refractivity contribution >= 4 is 54.4 Å². The average molecular weight is 495 g/mol. The van der Waals surface area contributed by atoms with E-state index < -0.39 is 21.5 Å². The number of benzene rings is 1. The van der Waals surface area contributed by atoms with Crippen LogP contribution in [0.4, 0.5) is 5.13 Å². The van der Waals surface area contributed by atoms with Gasteiger partial charge in [0.05, 0.1) is 20.9 Å². The van der Waals surface area contributed by atoms with E-state index in [1.165, 1.54) is 22.1 Å². The van der Waals surface area contributed by atoms with Gasteiger partial charge in [0.2, 0.25) is 10.0 Å². The molecule has 2 aromatic heterocycles. The van der Waals surface area contributed by atoms with Gasteiger partial charge in [-0.15, -0.1) is 0 Å². The third-order valence-electron chi connectivity index (χ3n) is 4.98. The first-order valence-corrected chi connectivity index (χ1v) is 13.4. The number of H-pyrrole nitrogens is 1. The molecule has 1 saturated heterocycles. The van der Waals surface area contributed by atoms with Crippen LogP contribution in [0.5, 0.6) is 0 Å². The highest BCUT2D eigenvalue weighted by Crippen LogP contribution is 2.29. The molecule has 1 aliphatic rings. The second kappa shape index (κ2) is 9.27. The number of carbonyl (C=O) groups is 1. The first-order valence-electron chi connectivity index (χ1n) is 9.76. The van der Waals surface area contributed by atoms with Crippen LogP contribution in [0.2, 0.25) is 0 Å². The summed E-state index contributed by atoms with van der Waals surface area (Å²) in [7, 11) is -1.63. The van der Waals surface area contributed by atoms with Crippen LogP contribution in [0.3, 0.4) is 0 Å². The number of hydrogen-bond acceptors (Lipinski definition) is 9. The summed E-state index contributed by atoms with van der Waals surface area (Å²) < 4.78 is 28.1. The van der Waals surface area contributed by atoms with Crippen molar-refractivity contribution in [1.29, 1.82) is 0 Å². The topological polar surface area (TPSA) is 128 Å². The van der Waals surface area contributed by atoms with E-state index in [2.05, 4.69) is 25.2 Å². The number of aromatic nitrogens is 3. The first kappa shape index (κ1) is 22.9. The number of thioether (sulfide) groups is 1. The SMILES string of the molecule is CSCc1nc(C(=O)Nc2nc3ccc(S(=O)(=O)N4CCN(C)CC4)cc3s2)cc(=O)[nH]1. The van der Waals surface area contributed by atoms with Crippen LogP contribution < -0.4 is 10.9 Å². The molecular weight excluding hydrogens is 472 g/mol. The standard InChI is InChI=1S/C19H22N6O4S3/c1-24-5-7-25(8-6-24)32(28,29)12-3-4-13-15(9-12)31-19(21-13)23-18(27)14-10-17(26)22-16(20-14)11-30-2/h3-4,9-10H,5-8,11H2,1-2H3,(H,20,22,26)(H,21,23,27). The number of amides is 1. The number of hydrogen-bond donors (Lipinski definition) is 2. The van der Waals surface area contributed by atoms with E-state index in [0.29, 0.717) is 53.1 Å². The van der Waals surface area contributed by atoms with Crippen LogP contribution in [0.25, 0.3) is 10.2 Å². The van der Waals surface area contributed by atoms with Crippen LogP contribution in [0.1, 0.15) is 16.3 Å². The lowest BCUT2D eigenvalue weighted by molar-refractivity contribution is 0.102. The van der Waals surface area contributed by atoms with Gasteiger partial charge >= 0.3 is 0 Å². The van der Waals surface area contributed by atoms with Crippen LogP contribution in [0.15, 0.2) is 34.0 Å². The molecule has 1 amide bonds. The maximum atomic E-state index is 13.0. The van der Waals surface area contributed by atoms with Gasteiger partial charge < -0.3 is 9.88 Å². The molecule has 32 heavy (non-hydrogen) atoms. The largest absolute Gasteiger partial charge is 0.310 e. The van der Waals surface area contributed by atoms with E-state index in [-0.39, 0.29) is 10.6 Å². The highest BCUT2D eigenvalue weighted by molar-refractivity contribution is 7.97. The Morgan fingerprint density at radius 1 is 1.22 bits per heavy atom. The zero-order chi connectivity index (χ0) is 22.9. The number of aromatic amines is 1. The van der Waals surface area contributed by atoms with E-state index in [9.17, 15) is 18.0 Å². The molecule has 1 fully saturated rings. The van der Waals surface area contributed by atoms with Crippen LogP contribution in [-0.2, 0) is 15.8 Å². The second-order valence-corrected chi connectivity index (χ2v) is 11.2. The Kier molecular flexibility index (Phi) is 6.62. The number of nitrogens with one attached hydrogen (secondary N) is 2. The van der Waals surface area contributed by atoms with Crippen molar-refractivity contribution < 1.29 is 13.2 Å². The van der Waals surface area contributed by atoms with Gasteiger partial charge in [-0.25, -0.2) is 18.4 Å². The minimum absolute atomic E-state index is 0.00427. The lowest BCUT2D eigenvalue weighted by Gasteiger charge is -2.31. The third kappa shape index (κ3) is 4.86. The fourth-order valence-electron chi connectivity index (χ4n) is 3.29. The van der Waals surface area contributed by atoms with Crippen molar-refractivity contribution in [2.75, 3.05) is 44.8 Å². The molecule has 3 heterocycles. The number of likely N-dealkylation sites (N-methyl/N-ethyl adjacent to an activating group) is 1. The summed E-state index contributed by atoms with van der Waals surface area (Å²) in [6, 6.07) is 5.88. The van der Waals surface area contributed by atoms with E-state index in [1.807, 2.05) is 13.3 Å². The smallest absolute Gasteiger partial charge is 0.276 e. The van der Waals surface area contributed by atoms with E-state index in [0.717, 1.165) is 17.4 Å². The number of piperazine rings is 1. The van der Waals surface area contributed by atoms with Crippen molar-refractivity contribution in [2.24, 2.45) is 0 Å². The molecule has 1 aliphatic heterocycles. The molecule has 0 atom stereocenters. The predicted molar refractivity (Wildman–Crippen MR) is 126 cm³/mol. The normalized spacial score (nSPS) is 15.8. The number of rotatable bonds is 6. The van der Waals surface area contributed by atoms with Gasteiger partial charge in [0.1, 0.15) is 11.5 Å². The Morgan fingerprint density at radius 2 is 1.97 bits per heavy atom. The summed E-state index contributed by atoms with van der Waals surface area (Å²) in [5.41, 5.74) is 0.164. The Hall–Kier alpha value is -2.32. The van der Waals surface area contributed by atoms with Crippen LogP contribution in [-0.4, -0.2) is 78.0 Å². The molecule has 3 aromatic rings. The summed E-state index contributed by atoms with van der Waals surface area (Å²) >= 11 is 2.64. The highest BCUT2D eigenvalue weighted by Gasteiger charge is 2.28. The highest BCUT2D eigenvalue weighted by atomic mass is 32.2. The van der Waals surface area contributed by atoms with Crippen LogP contribution in [0, 0.1) is 0 Å². The number of anilines is 1. The molecule has 10 nitrogen and oxygen atoms in total. The van der Waals surface area contributed by atoms with Gasteiger partial charge in [0.15, 0.2) is 5.13 Å². The van der Waals surface area contributed by atoms with Gasteiger partial charge in [-0.1, -0.05) is 11.3 Å². The summed E-state index contributed by atoms with van der Waals surface area (Å²) in [6.45, 7) is 2.27. The van der Waals surface area contributed by atoms with Crippen LogP contribution >= 0.6 is 23.1 Å². The maximum Gasteiger partial charge on any atom is 0.276 e. The van der Waals surface area contributed by atoms with Crippen molar-refractivity contribution in [3.8, 4) is 0 Å². The monoisotopic (exact) mass is 494 g/mol. The molecule has 13 heteroatoms. The zero-order valence-corrected chi connectivity index (χ0v) is 19.9. The van der Waals surface area contributed by atoms with E-state index >= 15 is 0 Å². The molecular formula is C19H22N6O4S3. The molecule has 0 unspecified atom stereocenters. The van der Waals surface area contributed by atoms with Gasteiger partial charge in [0.25, 0.3) is 11.5 Å². The fourth-order valence-corrected chi connectivity index (χ4v) is 6.12. The molecule has 0 bridgehead atoms. The number of thiazole rings is 1. The third-order valence-corrected chi connectivity index (χ3v) is 8.38. The average Bonchev–Trinajstić information content (AvgIpc) is 3.15. The van der Waals surface area contributed by atoms with E-state index in [4.69, 9.17) is 0 Å². The van der Waals surface area contributed by atoms with E-state index in [1.54, 1.807) is 12.1 Å². The summed E-state index contributed by atoms with van der Waals surface area (Å²) in [5, 5.41) is 2.95. The molecule has 4 rings (SSSR count). The van der Waals surface area contributed by atoms with Gasteiger partial charge in [-0.2, -0.15) is 16.1 Å². The molecule has 0 spiro atoms. The number of carbonyl (C=O) groups excluding carboxylic acids is 1. The maximum absolute atomic E-state index is 13.0. The Morgan fingerprint density at radius 3 is 2.69 bits per heavy atom. The zero-order valence-electron chi connectivity index (χ0n) is 17.5. The molecule has 170 valence electrons. The quantitative estimate of drug-likeness (QED) is 0.527. The van der Waals surface area contributed by atoms with Crippen molar-refractivity contribution in [3.63, 3.8) is 0 Å². The summed E-state index contributed by atoms with van der Waals surface area (Å²) in [6.07, 6.45) is 1.87. The minimum Gasteiger partial charge on any atom is -0.310 e. The summed E-state index contributed by atoms with van der Waals surface area (Å²) in [4.78, 5) is 37.8. The number of fused-ring (bicyclic) bond motifs is 1. The first-order chi connectivity index (χ1) is 15.3. The predicted octanol–water partition coefficient (Wildman–Crippen LogP) is 1.43. The molecule has 1 aromatic carbocycles. The molecule has 0 aliphatic carbocycles. The van der Waals surface area contributed by atoms with Gasteiger partial charge in [-0.3, -0.25) is 14.9 Å². The summed E-state index contributed by atoms with van der Waals surface area (Å²) in [5.74, 6) is 0.336. The lowest BCUT2D eigenvalue weighted by Crippen LogP contribution is -2.46.